The number of benzene rings is 3. The zero-order valence-corrected chi connectivity index (χ0v) is 33.3. The summed E-state index contributed by atoms with van der Waals surface area (Å²) < 4.78 is 36.3. The SMILES string of the molecule is COc1ccc(C(OCC2OC(n3cc(-c4cn[nH]n4)c(=O)[nH]c3=O)CC2OP(OCCC#N)N(C(C)C)C(C)C)(c2ccccc2)c2ccc(C)cc2)cc1. The number of aromatic nitrogens is 5. The number of hydrogen-bond donors (Lipinski definition) is 2. The quantitative estimate of drug-likeness (QED) is 0.0593. The van der Waals surface area contributed by atoms with Gasteiger partial charge in [-0.1, -0.05) is 72.3 Å². The molecule has 14 nitrogen and oxygen atoms in total. The van der Waals surface area contributed by atoms with E-state index in [0.29, 0.717) is 5.75 Å². The first-order valence-corrected chi connectivity index (χ1v) is 19.7. The lowest BCUT2D eigenvalue weighted by Crippen LogP contribution is -2.39. The van der Waals surface area contributed by atoms with Crippen LogP contribution in [0.2, 0.25) is 0 Å². The molecule has 2 aromatic heterocycles. The Balaban J connectivity index is 1.44. The first-order chi connectivity index (χ1) is 27.0. The summed E-state index contributed by atoms with van der Waals surface area (Å²) in [6.45, 7) is 10.5. The van der Waals surface area contributed by atoms with Crippen LogP contribution >= 0.6 is 8.53 Å². The molecule has 6 rings (SSSR count). The van der Waals surface area contributed by atoms with Gasteiger partial charge in [0.05, 0.1) is 50.7 Å². The van der Waals surface area contributed by atoms with E-state index in [9.17, 15) is 14.9 Å². The topological polar surface area (TPSA) is 170 Å². The van der Waals surface area contributed by atoms with E-state index in [1.807, 2.05) is 61.5 Å². The van der Waals surface area contributed by atoms with Crippen LogP contribution in [0, 0.1) is 18.3 Å². The predicted octanol–water partition coefficient (Wildman–Crippen LogP) is 6.60. The van der Waals surface area contributed by atoms with E-state index in [2.05, 4.69) is 83.1 Å². The van der Waals surface area contributed by atoms with E-state index in [1.54, 1.807) is 7.11 Å². The van der Waals surface area contributed by atoms with Gasteiger partial charge < -0.3 is 23.3 Å². The van der Waals surface area contributed by atoms with Crippen molar-refractivity contribution in [1.29, 1.82) is 5.26 Å². The second-order valence-corrected chi connectivity index (χ2v) is 15.5. The highest BCUT2D eigenvalue weighted by Crippen LogP contribution is 2.50. The van der Waals surface area contributed by atoms with Crippen molar-refractivity contribution in [2.45, 2.75) is 83.6 Å². The minimum atomic E-state index is -1.70. The van der Waals surface area contributed by atoms with Gasteiger partial charge in [-0.25, -0.2) is 9.46 Å². The fourth-order valence-corrected chi connectivity index (χ4v) is 8.76. The molecule has 1 saturated heterocycles. The van der Waals surface area contributed by atoms with Crippen molar-refractivity contribution in [3.8, 4) is 23.1 Å². The van der Waals surface area contributed by atoms with Crippen LogP contribution in [0.5, 0.6) is 5.75 Å². The highest BCUT2D eigenvalue weighted by atomic mass is 31.2. The van der Waals surface area contributed by atoms with Crippen LogP contribution in [0.4, 0.5) is 0 Å². The molecule has 3 heterocycles. The van der Waals surface area contributed by atoms with E-state index < -0.39 is 43.8 Å². The predicted molar refractivity (Wildman–Crippen MR) is 212 cm³/mol. The Bertz CT molecular complexity index is 2160. The summed E-state index contributed by atoms with van der Waals surface area (Å²) in [5.74, 6) is 0.705. The minimum absolute atomic E-state index is 0.0228. The number of hydrogen-bond acceptors (Lipinski definition) is 11. The Morgan fingerprint density at radius 3 is 2.27 bits per heavy atom. The van der Waals surface area contributed by atoms with Crippen molar-refractivity contribution in [3.05, 3.63) is 134 Å². The summed E-state index contributed by atoms with van der Waals surface area (Å²) in [5, 5.41) is 19.7. The Hall–Kier alpha value is -5.00. The zero-order chi connectivity index (χ0) is 39.8. The van der Waals surface area contributed by atoms with Crippen molar-refractivity contribution in [1.82, 2.24) is 29.6 Å². The van der Waals surface area contributed by atoms with Crippen molar-refractivity contribution >= 4 is 8.53 Å². The zero-order valence-electron chi connectivity index (χ0n) is 32.4. The van der Waals surface area contributed by atoms with Crippen LogP contribution in [0.25, 0.3) is 11.3 Å². The largest absolute Gasteiger partial charge is 0.497 e. The van der Waals surface area contributed by atoms with Gasteiger partial charge in [0.1, 0.15) is 29.4 Å². The van der Waals surface area contributed by atoms with Gasteiger partial charge in [-0.15, -0.1) is 0 Å². The van der Waals surface area contributed by atoms with Crippen molar-refractivity contribution in [3.63, 3.8) is 0 Å². The maximum Gasteiger partial charge on any atom is 0.330 e. The normalized spacial score (nSPS) is 18.6. The number of methoxy groups -OCH3 is 1. The summed E-state index contributed by atoms with van der Waals surface area (Å²) in [6, 6.07) is 28.3. The van der Waals surface area contributed by atoms with Crippen LogP contribution in [-0.4, -0.2) is 74.2 Å². The second kappa shape index (κ2) is 18.3. The smallest absolute Gasteiger partial charge is 0.330 e. The minimum Gasteiger partial charge on any atom is -0.497 e. The Morgan fingerprint density at radius 1 is 1.00 bits per heavy atom. The van der Waals surface area contributed by atoms with Crippen molar-refractivity contribution in [2.24, 2.45) is 0 Å². The molecule has 1 fully saturated rings. The highest BCUT2D eigenvalue weighted by Gasteiger charge is 2.45. The molecular weight excluding hydrogens is 733 g/mol. The van der Waals surface area contributed by atoms with Gasteiger partial charge >= 0.3 is 5.69 Å². The highest BCUT2D eigenvalue weighted by molar-refractivity contribution is 7.44. The Morgan fingerprint density at radius 2 is 1.66 bits per heavy atom. The Kier molecular flexibility index (Phi) is 13.3. The molecule has 294 valence electrons. The van der Waals surface area contributed by atoms with E-state index in [0.717, 1.165) is 22.3 Å². The lowest BCUT2D eigenvalue weighted by molar-refractivity contribution is -0.0925. The van der Waals surface area contributed by atoms with Crippen molar-refractivity contribution in [2.75, 3.05) is 20.3 Å². The second-order valence-electron chi connectivity index (χ2n) is 14.1. The third kappa shape index (κ3) is 8.84. The van der Waals surface area contributed by atoms with Crippen LogP contribution < -0.4 is 16.0 Å². The number of nitriles is 1. The number of aryl methyl sites for hydroxylation is 1. The third-order valence-corrected chi connectivity index (χ3v) is 11.8. The molecule has 1 aliphatic rings. The molecule has 0 bridgehead atoms. The van der Waals surface area contributed by atoms with Crippen LogP contribution in [0.1, 0.15) is 69.0 Å². The van der Waals surface area contributed by atoms with Crippen LogP contribution in [-0.2, 0) is 24.1 Å². The van der Waals surface area contributed by atoms with E-state index in [4.69, 9.17) is 23.3 Å². The van der Waals surface area contributed by atoms with Gasteiger partial charge in [-0.05, 0) is 63.4 Å². The van der Waals surface area contributed by atoms with Crippen LogP contribution in [0.15, 0.2) is 101 Å². The van der Waals surface area contributed by atoms with E-state index >= 15 is 0 Å². The Labute approximate surface area is 327 Å². The van der Waals surface area contributed by atoms with Gasteiger partial charge in [-0.2, -0.15) is 20.7 Å². The molecule has 0 amide bonds. The molecule has 3 aromatic carbocycles. The lowest BCUT2D eigenvalue weighted by atomic mass is 9.79. The van der Waals surface area contributed by atoms with Gasteiger partial charge in [0.15, 0.2) is 0 Å². The molecule has 0 spiro atoms. The number of aromatic amines is 2. The average Bonchev–Trinajstić information content (AvgIpc) is 3.87. The monoisotopic (exact) mass is 781 g/mol. The van der Waals surface area contributed by atoms with Gasteiger partial charge in [0.2, 0.25) is 0 Å². The molecule has 56 heavy (non-hydrogen) atoms. The summed E-state index contributed by atoms with van der Waals surface area (Å²) in [6.07, 6.45) is 1.01. The molecule has 0 aliphatic carbocycles. The molecule has 5 aromatic rings. The molecule has 0 radical (unpaired) electrons. The fraction of sp³-hybridized carbons (Fsp3) is 0.390. The summed E-state index contributed by atoms with van der Waals surface area (Å²) in [5.41, 5.74) is 1.81. The first-order valence-electron chi connectivity index (χ1n) is 18.6. The number of rotatable bonds is 17. The average molecular weight is 782 g/mol. The molecule has 5 atom stereocenters. The summed E-state index contributed by atoms with van der Waals surface area (Å²) >= 11 is 0. The third-order valence-electron chi connectivity index (χ3n) is 9.64. The number of nitrogens with one attached hydrogen (secondary N) is 2. The maximum absolute atomic E-state index is 13.4. The molecule has 1 aliphatic heterocycles. The lowest BCUT2D eigenvalue weighted by Gasteiger charge is -2.39. The molecular formula is C41H48N7O7P. The number of H-pyrrole nitrogens is 2. The molecule has 0 saturated carbocycles. The van der Waals surface area contributed by atoms with Crippen LogP contribution in [0.3, 0.4) is 0 Å². The number of nitrogens with zero attached hydrogens (tertiary/aromatic N) is 5. The standard InChI is InChI=1S/C41H48N7O7P/c1-27(2)48(28(3)4)56(53-22-10-21-42)55-36-23-38(47-25-34(35-24-43-46-45-35)39(49)44-40(47)50)54-37(36)26-52-41(30-11-8-7-9-12-30,31-15-13-29(5)14-16-31)32-17-19-33(51-6)20-18-32/h7-9,11-20,24-25,27-28,36-38H,10,22-23,26H2,1-6H3,(H,43,45,46)(H,44,49,50). The first kappa shape index (κ1) is 40.7. The maximum atomic E-state index is 13.4. The van der Waals surface area contributed by atoms with Gasteiger partial charge in [0.25, 0.3) is 14.1 Å². The number of ether oxygens (including phenoxy) is 3. The van der Waals surface area contributed by atoms with Gasteiger partial charge in [-0.3, -0.25) is 14.3 Å². The summed E-state index contributed by atoms with van der Waals surface area (Å²) in [4.78, 5) is 28.7. The van der Waals surface area contributed by atoms with E-state index in [-0.39, 0.29) is 49.4 Å². The molecule has 15 heteroatoms. The van der Waals surface area contributed by atoms with E-state index in [1.165, 1.54) is 17.0 Å². The molecule has 2 N–H and O–H groups in total. The van der Waals surface area contributed by atoms with Gasteiger partial charge in [0, 0.05) is 24.7 Å². The van der Waals surface area contributed by atoms with Crippen molar-refractivity contribution < 1.29 is 23.3 Å². The molecule has 5 unspecified atom stereocenters. The fourth-order valence-electron chi connectivity index (χ4n) is 7.00. The summed E-state index contributed by atoms with van der Waals surface area (Å²) in [7, 11) is -0.0736.